The second-order valence-electron chi connectivity index (χ2n) is 5.73. The van der Waals surface area contributed by atoms with E-state index in [4.69, 9.17) is 4.42 Å². The van der Waals surface area contributed by atoms with Gasteiger partial charge in [0.1, 0.15) is 11.5 Å². The molecule has 1 aliphatic rings. The molecule has 0 aliphatic carbocycles. The molecule has 0 bridgehead atoms. The summed E-state index contributed by atoms with van der Waals surface area (Å²) in [6, 6.07) is 1.54. The minimum absolute atomic E-state index is 0.0656. The average Bonchev–Trinajstić information content (AvgIpc) is 2.37. The molecule has 0 aromatic carbocycles. The largest absolute Gasteiger partial charge is 0.507 e. The molecule has 0 radical (unpaired) electrons. The Bertz CT molecular complexity index is 473. The maximum atomic E-state index is 12.0. The van der Waals surface area contributed by atoms with Crippen molar-refractivity contribution >= 4 is 0 Å². The van der Waals surface area contributed by atoms with Crippen molar-refractivity contribution in [2.24, 2.45) is 5.92 Å². The molecule has 4 heteroatoms. The van der Waals surface area contributed by atoms with Crippen LogP contribution < -0.4 is 10.9 Å². The van der Waals surface area contributed by atoms with Crippen molar-refractivity contribution < 1.29 is 9.52 Å². The fraction of sp³-hybridized carbons (Fsp3) is 0.667. The molecule has 2 heterocycles. The van der Waals surface area contributed by atoms with Crippen molar-refractivity contribution in [2.45, 2.75) is 52.0 Å². The van der Waals surface area contributed by atoms with Gasteiger partial charge in [-0.1, -0.05) is 20.3 Å². The zero-order valence-corrected chi connectivity index (χ0v) is 11.7. The second-order valence-corrected chi connectivity index (χ2v) is 5.73. The first-order chi connectivity index (χ1) is 9.08. The van der Waals surface area contributed by atoms with E-state index in [1.807, 2.05) is 0 Å². The maximum absolute atomic E-state index is 12.0. The van der Waals surface area contributed by atoms with Gasteiger partial charge < -0.3 is 14.8 Å². The van der Waals surface area contributed by atoms with E-state index in [9.17, 15) is 9.90 Å². The molecule has 1 atom stereocenters. The summed E-state index contributed by atoms with van der Waals surface area (Å²) in [5.41, 5.74) is 0.00570. The van der Waals surface area contributed by atoms with Crippen molar-refractivity contribution in [3.05, 3.63) is 27.8 Å². The summed E-state index contributed by atoms with van der Waals surface area (Å²) in [7, 11) is 0. The third-order valence-corrected chi connectivity index (χ3v) is 3.64. The highest BCUT2D eigenvalue weighted by atomic mass is 16.4. The van der Waals surface area contributed by atoms with Gasteiger partial charge >= 0.3 is 5.63 Å². The van der Waals surface area contributed by atoms with Gasteiger partial charge in [-0.2, -0.15) is 0 Å². The fourth-order valence-electron chi connectivity index (χ4n) is 2.51. The lowest BCUT2D eigenvalue weighted by Gasteiger charge is -2.23. The Hall–Kier alpha value is -1.29. The van der Waals surface area contributed by atoms with E-state index in [0.717, 1.165) is 32.2 Å². The monoisotopic (exact) mass is 265 g/mol. The summed E-state index contributed by atoms with van der Waals surface area (Å²) in [6.07, 6.45) is 4.71. The van der Waals surface area contributed by atoms with Crippen LogP contribution in [0.1, 0.15) is 56.9 Å². The zero-order valence-electron chi connectivity index (χ0n) is 11.7. The average molecular weight is 265 g/mol. The van der Waals surface area contributed by atoms with E-state index in [0.29, 0.717) is 23.7 Å². The van der Waals surface area contributed by atoms with E-state index < -0.39 is 5.63 Å². The van der Waals surface area contributed by atoms with Crippen molar-refractivity contribution in [2.75, 3.05) is 6.54 Å². The van der Waals surface area contributed by atoms with E-state index in [-0.39, 0.29) is 11.8 Å². The van der Waals surface area contributed by atoms with Crippen molar-refractivity contribution in [3.8, 4) is 5.75 Å². The molecule has 1 saturated heterocycles. The predicted octanol–water partition coefficient (Wildman–Crippen LogP) is 2.75. The molecule has 2 rings (SSSR count). The van der Waals surface area contributed by atoms with Gasteiger partial charge in [0.15, 0.2) is 0 Å². The SMILES string of the molecule is CC(C)CCc1cc(O)c([C@H]2CCCCN2)c(=O)o1. The van der Waals surface area contributed by atoms with Crippen LogP contribution in [0.2, 0.25) is 0 Å². The number of aryl methyl sites for hydroxylation is 1. The Morgan fingerprint density at radius 3 is 2.84 bits per heavy atom. The van der Waals surface area contributed by atoms with Crippen LogP contribution in [0.15, 0.2) is 15.3 Å². The number of hydrogen-bond donors (Lipinski definition) is 2. The van der Waals surface area contributed by atoms with Crippen molar-refractivity contribution in [1.29, 1.82) is 0 Å². The van der Waals surface area contributed by atoms with Crippen LogP contribution in [-0.2, 0) is 6.42 Å². The van der Waals surface area contributed by atoms with Gasteiger partial charge in [-0.05, 0) is 31.7 Å². The van der Waals surface area contributed by atoms with Gasteiger partial charge in [-0.25, -0.2) is 4.79 Å². The molecule has 0 unspecified atom stereocenters. The molecule has 1 aliphatic heterocycles. The van der Waals surface area contributed by atoms with E-state index in [2.05, 4.69) is 19.2 Å². The standard InChI is InChI=1S/C15H23NO3/c1-10(2)6-7-11-9-13(17)14(15(18)19-11)12-5-3-4-8-16-12/h9-10,12,16-17H,3-8H2,1-2H3/t12-/m1/s1. The number of piperidine rings is 1. The molecule has 4 nitrogen and oxygen atoms in total. The molecular weight excluding hydrogens is 242 g/mol. The molecule has 19 heavy (non-hydrogen) atoms. The first-order valence-electron chi connectivity index (χ1n) is 7.17. The van der Waals surface area contributed by atoms with Gasteiger partial charge in [-0.3, -0.25) is 0 Å². The third-order valence-electron chi connectivity index (χ3n) is 3.64. The minimum atomic E-state index is -0.391. The molecule has 0 saturated carbocycles. The smallest absolute Gasteiger partial charge is 0.344 e. The summed E-state index contributed by atoms with van der Waals surface area (Å²) < 4.78 is 5.34. The molecule has 0 amide bonds. The van der Waals surface area contributed by atoms with Gasteiger partial charge in [0.25, 0.3) is 0 Å². The molecule has 1 aromatic heterocycles. The Labute approximate surface area is 113 Å². The quantitative estimate of drug-likeness (QED) is 0.878. The Balaban J connectivity index is 2.19. The normalized spacial score (nSPS) is 19.8. The van der Waals surface area contributed by atoms with Gasteiger partial charge in [0, 0.05) is 18.5 Å². The predicted molar refractivity (Wildman–Crippen MR) is 74.4 cm³/mol. The van der Waals surface area contributed by atoms with Crippen LogP contribution >= 0.6 is 0 Å². The van der Waals surface area contributed by atoms with Crippen LogP contribution in [0.3, 0.4) is 0 Å². The Morgan fingerprint density at radius 1 is 1.47 bits per heavy atom. The van der Waals surface area contributed by atoms with Crippen molar-refractivity contribution in [1.82, 2.24) is 5.32 Å². The fourth-order valence-corrected chi connectivity index (χ4v) is 2.51. The van der Waals surface area contributed by atoms with E-state index in [1.165, 1.54) is 0 Å². The molecule has 1 fully saturated rings. The van der Waals surface area contributed by atoms with Crippen LogP contribution in [0.5, 0.6) is 5.75 Å². The lowest BCUT2D eigenvalue weighted by atomic mass is 9.98. The van der Waals surface area contributed by atoms with Gasteiger partial charge in [0.2, 0.25) is 0 Å². The summed E-state index contributed by atoms with van der Waals surface area (Å²) >= 11 is 0. The van der Waals surface area contributed by atoms with E-state index >= 15 is 0 Å². The highest BCUT2D eigenvalue weighted by molar-refractivity contribution is 5.33. The van der Waals surface area contributed by atoms with Crippen LogP contribution in [0.4, 0.5) is 0 Å². The van der Waals surface area contributed by atoms with Gasteiger partial charge in [0.05, 0.1) is 5.56 Å². The van der Waals surface area contributed by atoms with Crippen LogP contribution in [-0.4, -0.2) is 11.7 Å². The second kappa shape index (κ2) is 6.24. The highest BCUT2D eigenvalue weighted by Gasteiger charge is 2.23. The van der Waals surface area contributed by atoms with E-state index in [1.54, 1.807) is 6.07 Å². The number of hydrogen-bond acceptors (Lipinski definition) is 4. The van der Waals surface area contributed by atoms with Gasteiger partial charge in [-0.15, -0.1) is 0 Å². The number of nitrogens with one attached hydrogen (secondary N) is 1. The number of aromatic hydroxyl groups is 1. The minimum Gasteiger partial charge on any atom is -0.507 e. The lowest BCUT2D eigenvalue weighted by molar-refractivity contribution is 0.355. The first-order valence-corrected chi connectivity index (χ1v) is 7.17. The lowest BCUT2D eigenvalue weighted by Crippen LogP contribution is -2.30. The summed E-state index contributed by atoms with van der Waals surface area (Å²) in [4.78, 5) is 12.0. The summed E-state index contributed by atoms with van der Waals surface area (Å²) in [6.45, 7) is 5.13. The molecule has 1 aromatic rings. The summed E-state index contributed by atoms with van der Waals surface area (Å²) in [5.74, 6) is 1.21. The van der Waals surface area contributed by atoms with Crippen LogP contribution in [0, 0.1) is 5.92 Å². The molecular formula is C15H23NO3. The molecule has 2 N–H and O–H groups in total. The first kappa shape index (κ1) is 14.1. The zero-order chi connectivity index (χ0) is 13.8. The van der Waals surface area contributed by atoms with Crippen molar-refractivity contribution in [3.63, 3.8) is 0 Å². The third kappa shape index (κ3) is 3.60. The topological polar surface area (TPSA) is 62.5 Å². The highest BCUT2D eigenvalue weighted by Crippen LogP contribution is 2.28. The van der Waals surface area contributed by atoms with Crippen LogP contribution in [0.25, 0.3) is 0 Å². The Kier molecular flexibility index (Phi) is 4.64. The molecule has 0 spiro atoms. The summed E-state index contributed by atoms with van der Waals surface area (Å²) in [5, 5.41) is 13.4. The maximum Gasteiger partial charge on any atom is 0.344 e. The molecule has 106 valence electrons. The Morgan fingerprint density at radius 2 is 2.26 bits per heavy atom. The number of rotatable bonds is 4.